The number of benzene rings is 3. The normalized spacial score (nSPS) is 11.1. The molecule has 0 spiro atoms. The summed E-state index contributed by atoms with van der Waals surface area (Å²) in [5.74, 6) is -1.41. The summed E-state index contributed by atoms with van der Waals surface area (Å²) < 4.78 is 5.56. The van der Waals surface area contributed by atoms with E-state index in [-0.39, 0.29) is 12.3 Å². The van der Waals surface area contributed by atoms with Crippen molar-refractivity contribution in [3.05, 3.63) is 101 Å². The van der Waals surface area contributed by atoms with Crippen molar-refractivity contribution < 1.29 is 23.9 Å². The predicted molar refractivity (Wildman–Crippen MR) is 126 cm³/mol. The van der Waals surface area contributed by atoms with E-state index in [1.807, 2.05) is 6.07 Å². The average Bonchev–Trinajstić information content (AvgIpc) is 2.86. The van der Waals surface area contributed by atoms with Gasteiger partial charge in [0.2, 0.25) is 0 Å². The number of hydrazine groups is 1. The summed E-state index contributed by atoms with van der Waals surface area (Å²) in [4.78, 5) is 48.5. The van der Waals surface area contributed by atoms with Crippen molar-refractivity contribution in [2.24, 2.45) is 0 Å². The van der Waals surface area contributed by atoms with Crippen LogP contribution in [0.15, 0.2) is 78.9 Å². The van der Waals surface area contributed by atoms with Crippen LogP contribution in [0.3, 0.4) is 0 Å². The Morgan fingerprint density at radius 1 is 0.794 bits per heavy atom. The number of nitrogens with one attached hydrogen (secondary N) is 3. The molecular weight excluding hydrogens is 458 g/mol. The van der Waals surface area contributed by atoms with Gasteiger partial charge in [0.1, 0.15) is 5.75 Å². The van der Waals surface area contributed by atoms with E-state index in [2.05, 4.69) is 16.2 Å². The number of carbonyl (C=O) groups excluding carboxylic acids is 4. The van der Waals surface area contributed by atoms with Crippen molar-refractivity contribution in [1.82, 2.24) is 16.2 Å². The largest absolute Gasteiger partial charge is 0.481 e. The molecule has 34 heavy (non-hydrogen) atoms. The van der Waals surface area contributed by atoms with Gasteiger partial charge in [0, 0.05) is 21.7 Å². The van der Waals surface area contributed by atoms with E-state index in [1.54, 1.807) is 60.7 Å². The van der Waals surface area contributed by atoms with Gasteiger partial charge in [-0.1, -0.05) is 41.9 Å². The van der Waals surface area contributed by atoms with Gasteiger partial charge in [0.05, 0.1) is 6.54 Å². The first kappa shape index (κ1) is 24.5. The molecule has 0 saturated heterocycles. The molecule has 0 fully saturated rings. The Bertz CT molecular complexity index is 1170. The van der Waals surface area contributed by atoms with Crippen molar-refractivity contribution in [3.63, 3.8) is 0 Å². The topological polar surface area (TPSA) is 114 Å². The Morgan fingerprint density at radius 2 is 1.38 bits per heavy atom. The van der Waals surface area contributed by atoms with Crippen molar-refractivity contribution >= 4 is 35.1 Å². The number of amides is 3. The Morgan fingerprint density at radius 3 is 2.03 bits per heavy atom. The van der Waals surface area contributed by atoms with Crippen LogP contribution < -0.4 is 20.9 Å². The molecule has 3 N–H and O–H groups in total. The maximum atomic E-state index is 12.4. The van der Waals surface area contributed by atoms with Gasteiger partial charge in [-0.3, -0.25) is 30.0 Å². The lowest BCUT2D eigenvalue weighted by molar-refractivity contribution is -0.132. The van der Waals surface area contributed by atoms with Gasteiger partial charge in [0.25, 0.3) is 17.7 Å². The SMILES string of the molecule is CC(Oc1ccc(C(=O)c2ccccc2)cc1)C(=O)NNC(=O)CNC(=O)c1ccc(Cl)cc1. The van der Waals surface area contributed by atoms with E-state index >= 15 is 0 Å². The van der Waals surface area contributed by atoms with Gasteiger partial charge < -0.3 is 10.1 Å². The number of hydrogen-bond donors (Lipinski definition) is 3. The van der Waals surface area contributed by atoms with Crippen molar-refractivity contribution in [3.8, 4) is 5.75 Å². The highest BCUT2D eigenvalue weighted by Crippen LogP contribution is 2.16. The minimum absolute atomic E-state index is 0.121. The van der Waals surface area contributed by atoms with Gasteiger partial charge in [-0.15, -0.1) is 0 Å². The van der Waals surface area contributed by atoms with Gasteiger partial charge in [-0.25, -0.2) is 0 Å². The summed E-state index contributed by atoms with van der Waals surface area (Å²) in [6, 6.07) is 21.5. The lowest BCUT2D eigenvalue weighted by Crippen LogP contribution is -2.50. The smallest absolute Gasteiger partial charge is 0.279 e. The second-order valence-corrected chi connectivity index (χ2v) is 7.64. The molecule has 0 aromatic heterocycles. The summed E-state index contributed by atoms with van der Waals surface area (Å²) in [6.07, 6.45) is -0.931. The van der Waals surface area contributed by atoms with E-state index in [9.17, 15) is 19.2 Å². The molecule has 3 aromatic carbocycles. The molecule has 0 bridgehead atoms. The Kier molecular flexibility index (Phi) is 8.37. The maximum Gasteiger partial charge on any atom is 0.279 e. The minimum Gasteiger partial charge on any atom is -0.481 e. The number of halogens is 1. The van der Waals surface area contributed by atoms with Gasteiger partial charge in [-0.2, -0.15) is 0 Å². The van der Waals surface area contributed by atoms with Crippen LogP contribution in [0.1, 0.15) is 33.2 Å². The molecule has 0 saturated carbocycles. The summed E-state index contributed by atoms with van der Waals surface area (Å²) >= 11 is 5.77. The molecule has 1 atom stereocenters. The van der Waals surface area contributed by atoms with Crippen LogP contribution in [-0.4, -0.2) is 36.2 Å². The highest BCUT2D eigenvalue weighted by Gasteiger charge is 2.16. The number of ketones is 1. The molecule has 0 heterocycles. The molecule has 9 heteroatoms. The Hall–Kier alpha value is -4.17. The zero-order chi connectivity index (χ0) is 24.5. The van der Waals surface area contributed by atoms with Gasteiger partial charge >= 0.3 is 0 Å². The first-order valence-corrected chi connectivity index (χ1v) is 10.7. The second-order valence-electron chi connectivity index (χ2n) is 7.21. The lowest BCUT2D eigenvalue weighted by atomic mass is 10.0. The monoisotopic (exact) mass is 479 g/mol. The number of rotatable bonds is 8. The summed E-state index contributed by atoms with van der Waals surface area (Å²) in [7, 11) is 0. The molecule has 0 aliphatic heterocycles. The Balaban J connectivity index is 1.42. The van der Waals surface area contributed by atoms with Crippen molar-refractivity contribution in [2.75, 3.05) is 6.54 Å². The number of ether oxygens (including phenoxy) is 1. The highest BCUT2D eigenvalue weighted by molar-refractivity contribution is 6.30. The molecule has 3 amide bonds. The van der Waals surface area contributed by atoms with Crippen LogP contribution in [0.5, 0.6) is 5.75 Å². The van der Waals surface area contributed by atoms with Crippen LogP contribution >= 0.6 is 11.6 Å². The zero-order valence-corrected chi connectivity index (χ0v) is 19.0. The van der Waals surface area contributed by atoms with E-state index < -0.39 is 23.8 Å². The van der Waals surface area contributed by atoms with Crippen LogP contribution in [0.2, 0.25) is 5.02 Å². The maximum absolute atomic E-state index is 12.4. The zero-order valence-electron chi connectivity index (χ0n) is 18.2. The van der Waals surface area contributed by atoms with Crippen molar-refractivity contribution in [2.45, 2.75) is 13.0 Å². The third kappa shape index (κ3) is 6.91. The first-order valence-electron chi connectivity index (χ1n) is 10.3. The van der Waals surface area contributed by atoms with Crippen LogP contribution in [-0.2, 0) is 9.59 Å². The lowest BCUT2D eigenvalue weighted by Gasteiger charge is -2.15. The quantitative estimate of drug-likeness (QED) is 0.339. The van der Waals surface area contributed by atoms with E-state index in [1.165, 1.54) is 19.1 Å². The molecular formula is C25H22ClN3O5. The molecule has 0 aliphatic carbocycles. The average molecular weight is 480 g/mol. The molecule has 0 radical (unpaired) electrons. The van der Waals surface area contributed by atoms with Gasteiger partial charge in [-0.05, 0) is 55.5 Å². The molecule has 1 unspecified atom stereocenters. The molecule has 0 aliphatic rings. The van der Waals surface area contributed by atoms with Crippen molar-refractivity contribution in [1.29, 1.82) is 0 Å². The second kappa shape index (κ2) is 11.6. The fourth-order valence-electron chi connectivity index (χ4n) is 2.84. The van der Waals surface area contributed by atoms with E-state index in [0.29, 0.717) is 27.5 Å². The number of hydrogen-bond acceptors (Lipinski definition) is 5. The predicted octanol–water partition coefficient (Wildman–Crippen LogP) is 2.92. The minimum atomic E-state index is -0.931. The van der Waals surface area contributed by atoms with E-state index in [0.717, 1.165) is 0 Å². The van der Waals surface area contributed by atoms with Gasteiger partial charge in [0.15, 0.2) is 11.9 Å². The summed E-state index contributed by atoms with van der Waals surface area (Å²) in [5.41, 5.74) is 5.86. The third-order valence-corrected chi connectivity index (χ3v) is 4.93. The standard InChI is InChI=1S/C25H22ClN3O5/c1-16(34-21-13-9-18(10-14-21)23(31)17-5-3-2-4-6-17)24(32)29-28-22(30)15-27-25(33)19-7-11-20(26)12-8-19/h2-14,16H,15H2,1H3,(H,27,33)(H,28,30)(H,29,32). The van der Waals surface area contributed by atoms with Crippen LogP contribution in [0.4, 0.5) is 0 Å². The fourth-order valence-corrected chi connectivity index (χ4v) is 2.97. The van der Waals surface area contributed by atoms with Crippen LogP contribution in [0.25, 0.3) is 0 Å². The summed E-state index contributed by atoms with van der Waals surface area (Å²) in [6.45, 7) is 1.17. The highest BCUT2D eigenvalue weighted by atomic mass is 35.5. The molecule has 8 nitrogen and oxygen atoms in total. The number of carbonyl (C=O) groups is 4. The first-order chi connectivity index (χ1) is 16.3. The molecule has 3 rings (SSSR count). The fraction of sp³-hybridized carbons (Fsp3) is 0.120. The third-order valence-electron chi connectivity index (χ3n) is 4.68. The molecule has 174 valence electrons. The van der Waals surface area contributed by atoms with E-state index in [4.69, 9.17) is 16.3 Å². The summed E-state index contributed by atoms with van der Waals surface area (Å²) in [5, 5.41) is 2.92. The molecule has 3 aromatic rings. The van der Waals surface area contributed by atoms with Crippen LogP contribution in [0, 0.1) is 0 Å². The Labute approximate surface area is 201 Å².